The number of hydrogen-bond donors (Lipinski definition) is 2. The van der Waals surface area contributed by atoms with Gasteiger partial charge in [0.1, 0.15) is 5.54 Å². The highest BCUT2D eigenvalue weighted by Crippen LogP contribution is 2.03. The van der Waals surface area contributed by atoms with E-state index in [2.05, 4.69) is 12.2 Å². The number of primary amides is 1. The number of ether oxygens (including phenoxy) is 2. The van der Waals surface area contributed by atoms with Crippen LogP contribution < -0.4 is 11.1 Å². The molecule has 0 bridgehead atoms. The van der Waals surface area contributed by atoms with Gasteiger partial charge in [0.25, 0.3) is 0 Å². The Bertz CT molecular complexity index is 200. The molecule has 3 N–H and O–H groups in total. The summed E-state index contributed by atoms with van der Waals surface area (Å²) in [6, 6.07) is 0. The van der Waals surface area contributed by atoms with Crippen LogP contribution in [0.2, 0.25) is 0 Å². The second-order valence-corrected chi connectivity index (χ2v) is 3.89. The van der Waals surface area contributed by atoms with Crippen molar-refractivity contribution in [1.29, 1.82) is 0 Å². The monoisotopic (exact) mass is 232 g/mol. The Kier molecular flexibility index (Phi) is 8.15. The highest BCUT2D eigenvalue weighted by Gasteiger charge is 2.29. The molecule has 5 nitrogen and oxygen atoms in total. The SMILES string of the molecule is CCCOCCOCC(C)(NCC)C(N)=O. The first-order chi connectivity index (χ1) is 7.56. The number of hydrogen-bond acceptors (Lipinski definition) is 4. The minimum atomic E-state index is -0.792. The molecule has 1 unspecified atom stereocenters. The normalized spacial score (nSPS) is 14.7. The zero-order valence-electron chi connectivity index (χ0n) is 10.5. The first kappa shape index (κ1) is 15.3. The van der Waals surface area contributed by atoms with Crippen LogP contribution in [-0.2, 0) is 14.3 Å². The van der Waals surface area contributed by atoms with Crippen LogP contribution >= 0.6 is 0 Å². The lowest BCUT2D eigenvalue weighted by Gasteiger charge is -2.26. The van der Waals surface area contributed by atoms with Crippen LogP contribution in [0.25, 0.3) is 0 Å². The second-order valence-electron chi connectivity index (χ2n) is 3.89. The molecule has 0 aromatic heterocycles. The molecule has 0 aliphatic carbocycles. The second kappa shape index (κ2) is 8.50. The van der Waals surface area contributed by atoms with Crippen LogP contribution in [0.3, 0.4) is 0 Å². The molecule has 1 atom stereocenters. The Morgan fingerprint density at radius 2 is 1.88 bits per heavy atom. The fourth-order valence-electron chi connectivity index (χ4n) is 1.24. The number of likely N-dealkylation sites (N-methyl/N-ethyl adjacent to an activating group) is 1. The van der Waals surface area contributed by atoms with Gasteiger partial charge in [-0.3, -0.25) is 4.79 Å². The van der Waals surface area contributed by atoms with Crippen molar-refractivity contribution in [2.24, 2.45) is 5.73 Å². The van der Waals surface area contributed by atoms with E-state index >= 15 is 0 Å². The van der Waals surface area contributed by atoms with Crippen LogP contribution in [0.4, 0.5) is 0 Å². The Morgan fingerprint density at radius 3 is 2.38 bits per heavy atom. The average Bonchev–Trinajstić information content (AvgIpc) is 2.23. The maximum absolute atomic E-state index is 11.2. The van der Waals surface area contributed by atoms with E-state index in [0.29, 0.717) is 19.8 Å². The topological polar surface area (TPSA) is 73.6 Å². The summed E-state index contributed by atoms with van der Waals surface area (Å²) in [6.07, 6.45) is 0.996. The summed E-state index contributed by atoms with van der Waals surface area (Å²) in [5, 5.41) is 3.02. The molecule has 0 aromatic carbocycles. The van der Waals surface area contributed by atoms with E-state index in [9.17, 15) is 4.79 Å². The molecule has 5 heteroatoms. The van der Waals surface area contributed by atoms with Crippen molar-refractivity contribution >= 4 is 5.91 Å². The lowest BCUT2D eigenvalue weighted by Crippen LogP contribution is -2.56. The minimum Gasteiger partial charge on any atom is -0.379 e. The average molecular weight is 232 g/mol. The Morgan fingerprint density at radius 1 is 1.25 bits per heavy atom. The number of carbonyl (C=O) groups excluding carboxylic acids is 1. The maximum atomic E-state index is 11.2. The molecular weight excluding hydrogens is 208 g/mol. The third-order valence-corrected chi connectivity index (χ3v) is 2.22. The maximum Gasteiger partial charge on any atom is 0.239 e. The molecule has 0 spiro atoms. The Balaban J connectivity index is 3.73. The van der Waals surface area contributed by atoms with Crippen LogP contribution in [-0.4, -0.2) is 44.4 Å². The van der Waals surface area contributed by atoms with E-state index in [4.69, 9.17) is 15.2 Å². The molecular formula is C11H24N2O3. The Labute approximate surface area is 97.7 Å². The molecule has 0 saturated carbocycles. The van der Waals surface area contributed by atoms with Crippen LogP contribution in [0.5, 0.6) is 0 Å². The first-order valence-electron chi connectivity index (χ1n) is 5.77. The summed E-state index contributed by atoms with van der Waals surface area (Å²) >= 11 is 0. The van der Waals surface area contributed by atoms with Gasteiger partial charge in [0.15, 0.2) is 0 Å². The third kappa shape index (κ3) is 6.05. The number of nitrogens with one attached hydrogen (secondary N) is 1. The van der Waals surface area contributed by atoms with Gasteiger partial charge in [-0.2, -0.15) is 0 Å². The zero-order chi connectivity index (χ0) is 12.4. The van der Waals surface area contributed by atoms with Gasteiger partial charge in [-0.25, -0.2) is 0 Å². The number of carbonyl (C=O) groups is 1. The van der Waals surface area contributed by atoms with E-state index in [1.54, 1.807) is 6.92 Å². The molecule has 96 valence electrons. The molecule has 0 aromatic rings. The molecule has 0 fully saturated rings. The summed E-state index contributed by atoms with van der Waals surface area (Å²) in [5.41, 5.74) is 4.51. The van der Waals surface area contributed by atoms with Crippen molar-refractivity contribution in [2.75, 3.05) is 33.0 Å². The van der Waals surface area contributed by atoms with E-state index in [0.717, 1.165) is 13.0 Å². The Hall–Kier alpha value is -0.650. The highest BCUT2D eigenvalue weighted by atomic mass is 16.5. The fraction of sp³-hybridized carbons (Fsp3) is 0.909. The van der Waals surface area contributed by atoms with Gasteiger partial charge in [0, 0.05) is 6.61 Å². The molecule has 1 amide bonds. The smallest absolute Gasteiger partial charge is 0.239 e. The van der Waals surface area contributed by atoms with Gasteiger partial charge in [-0.05, 0) is 19.9 Å². The summed E-state index contributed by atoms with van der Waals surface area (Å²) in [5.74, 6) is -0.399. The molecule has 0 rings (SSSR count). The molecule has 0 radical (unpaired) electrons. The molecule has 0 aliphatic heterocycles. The van der Waals surface area contributed by atoms with Gasteiger partial charge in [-0.15, -0.1) is 0 Å². The predicted octanol–water partition coefficient (Wildman–Crippen LogP) is 0.283. The quantitative estimate of drug-likeness (QED) is 0.531. The number of nitrogens with two attached hydrogens (primary N) is 1. The van der Waals surface area contributed by atoms with Gasteiger partial charge in [0.2, 0.25) is 5.91 Å². The lowest BCUT2D eigenvalue weighted by atomic mass is 10.0. The van der Waals surface area contributed by atoms with E-state index in [-0.39, 0.29) is 6.61 Å². The molecule has 0 aliphatic rings. The predicted molar refractivity (Wildman–Crippen MR) is 63.2 cm³/mol. The zero-order valence-corrected chi connectivity index (χ0v) is 10.5. The van der Waals surface area contributed by atoms with Crippen molar-refractivity contribution in [1.82, 2.24) is 5.32 Å². The first-order valence-corrected chi connectivity index (χ1v) is 5.77. The minimum absolute atomic E-state index is 0.270. The van der Waals surface area contributed by atoms with E-state index in [1.165, 1.54) is 0 Å². The van der Waals surface area contributed by atoms with E-state index < -0.39 is 11.4 Å². The van der Waals surface area contributed by atoms with Crippen molar-refractivity contribution < 1.29 is 14.3 Å². The standard InChI is InChI=1S/C11H24N2O3/c1-4-6-15-7-8-16-9-11(3,10(12)14)13-5-2/h13H,4-9H2,1-3H3,(H2,12,14). The number of rotatable bonds is 10. The highest BCUT2D eigenvalue weighted by molar-refractivity contribution is 5.84. The van der Waals surface area contributed by atoms with Gasteiger partial charge in [0.05, 0.1) is 19.8 Å². The van der Waals surface area contributed by atoms with Gasteiger partial charge >= 0.3 is 0 Å². The number of amides is 1. The van der Waals surface area contributed by atoms with Gasteiger partial charge < -0.3 is 20.5 Å². The lowest BCUT2D eigenvalue weighted by molar-refractivity contribution is -0.126. The van der Waals surface area contributed by atoms with Crippen molar-refractivity contribution in [3.05, 3.63) is 0 Å². The van der Waals surface area contributed by atoms with Crippen molar-refractivity contribution in [3.63, 3.8) is 0 Å². The summed E-state index contributed by atoms with van der Waals surface area (Å²) in [7, 11) is 0. The van der Waals surface area contributed by atoms with Crippen molar-refractivity contribution in [2.45, 2.75) is 32.7 Å². The van der Waals surface area contributed by atoms with Crippen LogP contribution in [0.1, 0.15) is 27.2 Å². The third-order valence-electron chi connectivity index (χ3n) is 2.22. The van der Waals surface area contributed by atoms with Gasteiger partial charge in [-0.1, -0.05) is 13.8 Å². The fourth-order valence-corrected chi connectivity index (χ4v) is 1.24. The van der Waals surface area contributed by atoms with Crippen LogP contribution in [0.15, 0.2) is 0 Å². The summed E-state index contributed by atoms with van der Waals surface area (Å²) in [4.78, 5) is 11.2. The summed E-state index contributed by atoms with van der Waals surface area (Å²) < 4.78 is 10.6. The van der Waals surface area contributed by atoms with Crippen molar-refractivity contribution in [3.8, 4) is 0 Å². The van der Waals surface area contributed by atoms with E-state index in [1.807, 2.05) is 6.92 Å². The molecule has 16 heavy (non-hydrogen) atoms. The largest absolute Gasteiger partial charge is 0.379 e. The molecule has 0 saturated heterocycles. The summed E-state index contributed by atoms with van der Waals surface area (Å²) in [6.45, 7) is 8.43. The molecule has 0 heterocycles. The van der Waals surface area contributed by atoms with Crippen LogP contribution in [0, 0.1) is 0 Å².